The summed E-state index contributed by atoms with van der Waals surface area (Å²) >= 11 is 0. The van der Waals surface area contributed by atoms with E-state index in [9.17, 15) is 8.78 Å². The van der Waals surface area contributed by atoms with Crippen molar-refractivity contribution in [1.29, 1.82) is 0 Å². The topological polar surface area (TPSA) is 18.5 Å². The monoisotopic (exact) mass is 258 g/mol. The number of methoxy groups -OCH3 is 2. The second-order valence-electron chi connectivity index (χ2n) is 4.44. The van der Waals surface area contributed by atoms with Crippen molar-refractivity contribution in [3.8, 4) is 11.5 Å². The number of hydrogen-bond donors (Lipinski definition) is 0. The van der Waals surface area contributed by atoms with Crippen LogP contribution in [0.4, 0.5) is 8.78 Å². The van der Waals surface area contributed by atoms with Crippen LogP contribution in [-0.2, 0) is 6.42 Å². The van der Waals surface area contributed by atoms with Crippen molar-refractivity contribution in [3.63, 3.8) is 0 Å². The van der Waals surface area contributed by atoms with Crippen LogP contribution in [0, 0.1) is 11.8 Å². The Bertz CT molecular complexity index is 369. The summed E-state index contributed by atoms with van der Waals surface area (Å²) in [4.78, 5) is 0. The van der Waals surface area contributed by atoms with E-state index in [2.05, 4.69) is 0 Å². The molecule has 18 heavy (non-hydrogen) atoms. The van der Waals surface area contributed by atoms with E-state index in [1.54, 1.807) is 27.2 Å². The summed E-state index contributed by atoms with van der Waals surface area (Å²) in [6.07, 6.45) is 0.502. The molecule has 0 heterocycles. The van der Waals surface area contributed by atoms with Crippen LogP contribution in [0.15, 0.2) is 18.2 Å². The average Bonchev–Trinajstić information content (AvgIpc) is 2.43. The number of halogens is 2. The second-order valence-corrected chi connectivity index (χ2v) is 4.44. The molecule has 4 heteroatoms. The van der Waals surface area contributed by atoms with Gasteiger partial charge in [0.2, 0.25) is 0 Å². The highest BCUT2D eigenvalue weighted by molar-refractivity contribution is 5.43. The maximum absolute atomic E-state index is 12.9. The number of ether oxygens (including phenoxy) is 2. The average molecular weight is 258 g/mol. The summed E-state index contributed by atoms with van der Waals surface area (Å²) in [6.45, 7) is 0.715. The van der Waals surface area contributed by atoms with Gasteiger partial charge in [-0.25, -0.2) is 0 Å². The van der Waals surface area contributed by atoms with Crippen molar-refractivity contribution in [3.05, 3.63) is 23.8 Å². The summed E-state index contributed by atoms with van der Waals surface area (Å²) in [5.41, 5.74) is 0.926. The van der Waals surface area contributed by atoms with E-state index in [0.29, 0.717) is 17.9 Å². The number of benzene rings is 1. The van der Waals surface area contributed by atoms with Gasteiger partial charge in [-0.05, 0) is 36.0 Å². The first kappa shape index (κ1) is 14.7. The molecule has 2 nitrogen and oxygen atoms in total. The lowest BCUT2D eigenvalue weighted by Crippen LogP contribution is -2.18. The molecule has 1 rings (SSSR count). The fourth-order valence-corrected chi connectivity index (χ4v) is 1.84. The molecule has 1 aromatic carbocycles. The maximum Gasteiger partial charge on any atom is 0.160 e. The molecule has 0 fully saturated rings. The third-order valence-electron chi connectivity index (χ3n) is 3.19. The van der Waals surface area contributed by atoms with Crippen LogP contribution in [0.25, 0.3) is 0 Å². The van der Waals surface area contributed by atoms with Gasteiger partial charge in [-0.1, -0.05) is 13.0 Å². The van der Waals surface area contributed by atoms with Gasteiger partial charge < -0.3 is 9.47 Å². The van der Waals surface area contributed by atoms with Crippen LogP contribution in [0.5, 0.6) is 11.5 Å². The van der Waals surface area contributed by atoms with Gasteiger partial charge in [0.05, 0.1) is 27.6 Å². The van der Waals surface area contributed by atoms with Gasteiger partial charge in [-0.15, -0.1) is 0 Å². The Morgan fingerprint density at radius 2 is 1.72 bits per heavy atom. The Balaban J connectivity index is 2.83. The molecule has 2 atom stereocenters. The lowest BCUT2D eigenvalue weighted by atomic mass is 9.90. The summed E-state index contributed by atoms with van der Waals surface area (Å²) in [5, 5.41) is 0. The van der Waals surface area contributed by atoms with Crippen LogP contribution in [0.1, 0.15) is 12.5 Å². The zero-order chi connectivity index (χ0) is 13.5. The molecule has 0 unspecified atom stereocenters. The van der Waals surface area contributed by atoms with E-state index in [4.69, 9.17) is 9.47 Å². The molecular formula is C14H20F2O2. The minimum atomic E-state index is -0.514. The molecule has 1 aromatic rings. The molecule has 0 saturated carbocycles. The van der Waals surface area contributed by atoms with E-state index < -0.39 is 13.3 Å². The minimum absolute atomic E-state index is 0.275. The lowest BCUT2D eigenvalue weighted by Gasteiger charge is -2.19. The largest absolute Gasteiger partial charge is 0.493 e. The van der Waals surface area contributed by atoms with Crippen LogP contribution >= 0.6 is 0 Å². The number of alkyl halides is 2. The molecule has 0 aromatic heterocycles. The van der Waals surface area contributed by atoms with E-state index in [0.717, 1.165) is 5.56 Å². The van der Waals surface area contributed by atoms with E-state index in [1.165, 1.54) is 0 Å². The van der Waals surface area contributed by atoms with Crippen molar-refractivity contribution < 1.29 is 18.3 Å². The van der Waals surface area contributed by atoms with Gasteiger partial charge in [0.1, 0.15) is 0 Å². The fourth-order valence-electron chi connectivity index (χ4n) is 1.84. The summed E-state index contributed by atoms with van der Waals surface area (Å²) < 4.78 is 35.8. The molecule has 0 amide bonds. The molecule has 102 valence electrons. The van der Waals surface area contributed by atoms with E-state index in [-0.39, 0.29) is 11.8 Å². The Morgan fingerprint density at radius 1 is 1.06 bits per heavy atom. The molecule has 0 spiro atoms. The summed E-state index contributed by atoms with van der Waals surface area (Å²) in [5.74, 6) is 0.674. The fraction of sp³-hybridized carbons (Fsp3) is 0.571. The number of hydrogen-bond acceptors (Lipinski definition) is 2. The third kappa shape index (κ3) is 3.59. The highest BCUT2D eigenvalue weighted by atomic mass is 19.1. The van der Waals surface area contributed by atoms with Crippen molar-refractivity contribution in [2.24, 2.45) is 11.8 Å². The highest BCUT2D eigenvalue weighted by Gasteiger charge is 2.18. The van der Waals surface area contributed by atoms with Crippen molar-refractivity contribution in [2.45, 2.75) is 13.3 Å². The Labute approximate surface area is 107 Å². The Hall–Kier alpha value is -1.32. The van der Waals surface area contributed by atoms with E-state index >= 15 is 0 Å². The third-order valence-corrected chi connectivity index (χ3v) is 3.19. The molecule has 0 radical (unpaired) electrons. The molecule has 0 aliphatic heterocycles. The maximum atomic E-state index is 12.9. The SMILES string of the molecule is COc1ccc(C[C@@H](CF)[C@H](C)CF)cc1OC. The van der Waals surface area contributed by atoms with E-state index in [1.807, 2.05) is 12.1 Å². The van der Waals surface area contributed by atoms with Gasteiger partial charge in [0.25, 0.3) is 0 Å². The zero-order valence-corrected chi connectivity index (χ0v) is 11.1. The zero-order valence-electron chi connectivity index (χ0n) is 11.1. The van der Waals surface area contributed by atoms with Gasteiger partial charge in [-0.3, -0.25) is 8.78 Å². The molecule has 0 aliphatic carbocycles. The molecule has 0 bridgehead atoms. The minimum Gasteiger partial charge on any atom is -0.493 e. The quantitative estimate of drug-likeness (QED) is 0.746. The standard InChI is InChI=1S/C14H20F2O2/c1-10(8-15)12(9-16)6-11-4-5-13(17-2)14(7-11)18-3/h4-5,7,10,12H,6,8-9H2,1-3H3/t10-,12+/m1/s1. The molecule has 0 saturated heterocycles. The van der Waals surface area contributed by atoms with Crippen LogP contribution in [0.3, 0.4) is 0 Å². The van der Waals surface area contributed by atoms with Crippen molar-refractivity contribution in [1.82, 2.24) is 0 Å². The van der Waals surface area contributed by atoms with Gasteiger partial charge in [0.15, 0.2) is 11.5 Å². The first-order chi connectivity index (χ1) is 8.65. The molecular weight excluding hydrogens is 238 g/mol. The predicted molar refractivity (Wildman–Crippen MR) is 67.9 cm³/mol. The summed E-state index contributed by atoms with van der Waals surface area (Å²) in [6, 6.07) is 5.45. The molecule has 0 N–H and O–H groups in total. The normalized spacial score (nSPS) is 14.1. The number of rotatable bonds is 7. The van der Waals surface area contributed by atoms with Crippen molar-refractivity contribution in [2.75, 3.05) is 27.6 Å². The predicted octanol–water partition coefficient (Wildman–Crippen LogP) is 3.44. The van der Waals surface area contributed by atoms with Gasteiger partial charge in [0, 0.05) is 0 Å². The van der Waals surface area contributed by atoms with Crippen LogP contribution in [-0.4, -0.2) is 27.6 Å². The molecule has 0 aliphatic rings. The smallest absolute Gasteiger partial charge is 0.160 e. The van der Waals surface area contributed by atoms with Crippen molar-refractivity contribution >= 4 is 0 Å². The lowest BCUT2D eigenvalue weighted by molar-refractivity contribution is 0.229. The Morgan fingerprint density at radius 3 is 2.22 bits per heavy atom. The first-order valence-electron chi connectivity index (χ1n) is 5.99. The second kappa shape index (κ2) is 7.19. The van der Waals surface area contributed by atoms with Crippen LogP contribution in [0.2, 0.25) is 0 Å². The highest BCUT2D eigenvalue weighted by Crippen LogP contribution is 2.29. The van der Waals surface area contributed by atoms with Gasteiger partial charge >= 0.3 is 0 Å². The summed E-state index contributed by atoms with van der Waals surface area (Å²) in [7, 11) is 3.12. The Kier molecular flexibility index (Phi) is 5.89. The van der Waals surface area contributed by atoms with Crippen LogP contribution < -0.4 is 9.47 Å². The first-order valence-corrected chi connectivity index (χ1v) is 5.99. The van der Waals surface area contributed by atoms with Gasteiger partial charge in [-0.2, -0.15) is 0 Å².